The van der Waals surface area contributed by atoms with Crippen LogP contribution in [-0.2, 0) is 13.0 Å². The third kappa shape index (κ3) is 2.35. The van der Waals surface area contributed by atoms with Crippen molar-refractivity contribution in [3.63, 3.8) is 0 Å². The predicted octanol–water partition coefficient (Wildman–Crippen LogP) is 3.54. The number of thiophene rings is 1. The molecule has 3 heteroatoms. The maximum atomic E-state index is 4.09. The van der Waals surface area contributed by atoms with Crippen molar-refractivity contribution < 1.29 is 0 Å². The molecule has 0 amide bonds. The number of hydrogen-bond donors (Lipinski definition) is 2. The highest BCUT2D eigenvalue weighted by Gasteiger charge is 2.20. The van der Waals surface area contributed by atoms with Gasteiger partial charge in [0.2, 0.25) is 0 Å². The lowest BCUT2D eigenvalue weighted by atomic mass is 9.99. The van der Waals surface area contributed by atoms with E-state index in [0.29, 0.717) is 0 Å². The highest BCUT2D eigenvalue weighted by molar-refractivity contribution is 7.16. The largest absolute Gasteiger partial charge is 0.347 e. The predicted molar refractivity (Wildman–Crippen MR) is 77.4 cm³/mol. The number of hydrogen-bond acceptors (Lipinski definition) is 3. The van der Waals surface area contributed by atoms with E-state index in [1.165, 1.54) is 16.0 Å². The number of fused-ring (bicyclic) bond motifs is 1. The molecule has 0 aliphatic carbocycles. The van der Waals surface area contributed by atoms with Crippen LogP contribution in [0.15, 0.2) is 31.5 Å². The molecule has 1 aliphatic heterocycles. The zero-order valence-electron chi connectivity index (χ0n) is 10.2. The second-order valence-corrected chi connectivity index (χ2v) is 5.37. The first-order valence-corrected chi connectivity index (χ1v) is 6.54. The first-order valence-electron chi connectivity index (χ1n) is 5.73. The maximum absolute atomic E-state index is 4.09. The molecular formula is C14H18N2S. The van der Waals surface area contributed by atoms with E-state index in [9.17, 15) is 0 Å². The molecule has 0 atom stereocenters. The molecule has 0 saturated heterocycles. The SMILES string of the molecule is C=CC(=C)Nc1sc2c(c1C(=C)C)CCNC2. The van der Waals surface area contributed by atoms with E-state index >= 15 is 0 Å². The third-order valence-corrected chi connectivity index (χ3v) is 4.02. The van der Waals surface area contributed by atoms with Gasteiger partial charge in [0.15, 0.2) is 0 Å². The minimum absolute atomic E-state index is 0.832. The minimum atomic E-state index is 0.832. The fraction of sp³-hybridized carbons (Fsp3) is 0.286. The molecule has 0 bridgehead atoms. The quantitative estimate of drug-likeness (QED) is 0.794. The van der Waals surface area contributed by atoms with Crippen LogP contribution in [0.25, 0.3) is 5.57 Å². The maximum Gasteiger partial charge on any atom is 0.101 e. The molecule has 2 rings (SSSR count). The van der Waals surface area contributed by atoms with E-state index in [0.717, 1.165) is 35.8 Å². The molecule has 0 unspecified atom stereocenters. The van der Waals surface area contributed by atoms with E-state index < -0.39 is 0 Å². The summed E-state index contributed by atoms with van der Waals surface area (Å²) in [5, 5.41) is 7.86. The van der Waals surface area contributed by atoms with E-state index in [4.69, 9.17) is 0 Å². The van der Waals surface area contributed by atoms with Crippen molar-refractivity contribution in [3.8, 4) is 0 Å². The van der Waals surface area contributed by atoms with Gasteiger partial charge in [-0.3, -0.25) is 0 Å². The summed E-state index contributed by atoms with van der Waals surface area (Å²) in [6.45, 7) is 15.8. The topological polar surface area (TPSA) is 24.1 Å². The summed E-state index contributed by atoms with van der Waals surface area (Å²) >= 11 is 1.79. The summed E-state index contributed by atoms with van der Waals surface area (Å²) < 4.78 is 0. The van der Waals surface area contributed by atoms with Gasteiger partial charge < -0.3 is 10.6 Å². The van der Waals surface area contributed by atoms with E-state index in [1.807, 2.05) is 0 Å². The van der Waals surface area contributed by atoms with Crippen LogP contribution in [0.2, 0.25) is 0 Å². The van der Waals surface area contributed by atoms with Gasteiger partial charge in [-0.15, -0.1) is 11.3 Å². The standard InChI is InChI=1S/C14H18N2S/c1-5-10(4)16-14-13(9(2)3)11-6-7-15-8-12(11)17-14/h5,15-16H,1-2,4,6-8H2,3H3. The zero-order valence-corrected chi connectivity index (χ0v) is 11.0. The third-order valence-electron chi connectivity index (χ3n) is 2.88. The van der Waals surface area contributed by atoms with Crippen LogP contribution in [0, 0.1) is 0 Å². The van der Waals surface area contributed by atoms with Crippen LogP contribution in [-0.4, -0.2) is 6.54 Å². The lowest BCUT2D eigenvalue weighted by Crippen LogP contribution is -2.22. The van der Waals surface area contributed by atoms with E-state index in [1.54, 1.807) is 17.4 Å². The molecule has 2 N–H and O–H groups in total. The fourth-order valence-corrected chi connectivity index (χ4v) is 3.40. The number of rotatable bonds is 4. The van der Waals surface area contributed by atoms with Crippen molar-refractivity contribution in [1.82, 2.24) is 5.32 Å². The molecule has 1 aliphatic rings. The Hall–Kier alpha value is -1.32. The van der Waals surface area contributed by atoms with Gasteiger partial charge in [-0.1, -0.05) is 19.7 Å². The Balaban J connectivity index is 2.43. The van der Waals surface area contributed by atoms with Gasteiger partial charge in [-0.25, -0.2) is 0 Å². The first-order chi connectivity index (χ1) is 8.13. The Bertz CT molecular complexity index is 483. The highest BCUT2D eigenvalue weighted by Crippen LogP contribution is 2.39. The van der Waals surface area contributed by atoms with Gasteiger partial charge in [-0.2, -0.15) is 0 Å². The van der Waals surface area contributed by atoms with Crippen molar-refractivity contribution >= 4 is 21.9 Å². The van der Waals surface area contributed by atoms with E-state index in [-0.39, 0.29) is 0 Å². The van der Waals surface area contributed by atoms with Crippen molar-refractivity contribution in [2.24, 2.45) is 0 Å². The minimum Gasteiger partial charge on any atom is -0.347 e. The van der Waals surface area contributed by atoms with Crippen molar-refractivity contribution in [1.29, 1.82) is 0 Å². The Morgan fingerprint density at radius 2 is 2.24 bits per heavy atom. The molecular weight excluding hydrogens is 228 g/mol. The van der Waals surface area contributed by atoms with Crippen molar-refractivity contribution in [3.05, 3.63) is 47.5 Å². The van der Waals surface area contributed by atoms with Gasteiger partial charge in [0, 0.05) is 22.7 Å². The van der Waals surface area contributed by atoms with E-state index in [2.05, 4.69) is 37.3 Å². The average molecular weight is 246 g/mol. The average Bonchev–Trinajstić information content (AvgIpc) is 2.66. The lowest BCUT2D eigenvalue weighted by molar-refractivity contribution is 0.654. The Labute approximate surface area is 107 Å². The summed E-state index contributed by atoms with van der Waals surface area (Å²) in [7, 11) is 0. The van der Waals surface area contributed by atoms with Gasteiger partial charge in [0.25, 0.3) is 0 Å². The molecule has 0 radical (unpaired) electrons. The van der Waals surface area contributed by atoms with Gasteiger partial charge >= 0.3 is 0 Å². The molecule has 90 valence electrons. The Morgan fingerprint density at radius 3 is 2.88 bits per heavy atom. The lowest BCUT2D eigenvalue weighted by Gasteiger charge is -2.14. The molecule has 17 heavy (non-hydrogen) atoms. The van der Waals surface area contributed by atoms with Crippen molar-refractivity contribution in [2.75, 3.05) is 11.9 Å². The monoisotopic (exact) mass is 246 g/mol. The van der Waals surface area contributed by atoms with Crippen LogP contribution in [0.5, 0.6) is 0 Å². The Morgan fingerprint density at radius 1 is 1.47 bits per heavy atom. The van der Waals surface area contributed by atoms with Gasteiger partial charge in [0.05, 0.1) is 0 Å². The summed E-state index contributed by atoms with van der Waals surface area (Å²) in [5.41, 5.74) is 4.66. The van der Waals surface area contributed by atoms with Crippen LogP contribution in [0.3, 0.4) is 0 Å². The molecule has 2 heterocycles. The molecule has 0 spiro atoms. The zero-order chi connectivity index (χ0) is 12.4. The Kier molecular flexibility index (Phi) is 3.50. The fourth-order valence-electron chi connectivity index (χ4n) is 2.07. The van der Waals surface area contributed by atoms with Crippen LogP contribution in [0.4, 0.5) is 5.00 Å². The van der Waals surface area contributed by atoms with Crippen LogP contribution >= 0.6 is 11.3 Å². The van der Waals surface area contributed by atoms with Crippen LogP contribution in [0.1, 0.15) is 22.9 Å². The number of allylic oxidation sites excluding steroid dienone is 2. The summed E-state index contributed by atoms with van der Waals surface area (Å²) in [5.74, 6) is 0. The number of nitrogens with one attached hydrogen (secondary N) is 2. The molecule has 1 aromatic heterocycles. The molecule has 1 aromatic rings. The molecule has 0 saturated carbocycles. The van der Waals surface area contributed by atoms with Gasteiger partial charge in [0.1, 0.15) is 5.00 Å². The normalized spacial score (nSPS) is 13.9. The second-order valence-electron chi connectivity index (χ2n) is 4.27. The summed E-state index contributed by atoms with van der Waals surface area (Å²) in [6, 6.07) is 0. The second kappa shape index (κ2) is 4.90. The number of anilines is 1. The molecule has 2 nitrogen and oxygen atoms in total. The first kappa shape index (κ1) is 12.1. The molecule has 0 fully saturated rings. The van der Waals surface area contributed by atoms with Crippen molar-refractivity contribution in [2.45, 2.75) is 19.9 Å². The summed E-state index contributed by atoms with van der Waals surface area (Å²) in [6.07, 6.45) is 2.81. The van der Waals surface area contributed by atoms with Gasteiger partial charge in [-0.05, 0) is 37.1 Å². The smallest absolute Gasteiger partial charge is 0.101 e. The molecule has 0 aromatic carbocycles. The van der Waals surface area contributed by atoms with Crippen LogP contribution < -0.4 is 10.6 Å². The highest BCUT2D eigenvalue weighted by atomic mass is 32.1. The summed E-state index contributed by atoms with van der Waals surface area (Å²) in [4.78, 5) is 1.41.